The van der Waals surface area contributed by atoms with E-state index in [4.69, 9.17) is 23.7 Å². The maximum Gasteiger partial charge on any atom is 0.203 e. The van der Waals surface area contributed by atoms with Crippen LogP contribution in [0.15, 0.2) is 48.0 Å². The summed E-state index contributed by atoms with van der Waals surface area (Å²) in [6.45, 7) is 0. The third-order valence-electron chi connectivity index (χ3n) is 6.83. The van der Waals surface area contributed by atoms with Gasteiger partial charge in [-0.25, -0.2) is 0 Å². The Morgan fingerprint density at radius 1 is 0.778 bits per heavy atom. The second-order valence-corrected chi connectivity index (χ2v) is 8.53. The molecule has 3 aromatic rings. The molecule has 7 nitrogen and oxygen atoms in total. The van der Waals surface area contributed by atoms with Crippen molar-refractivity contribution in [2.75, 3.05) is 35.5 Å². The molecule has 0 N–H and O–H groups in total. The molecule has 5 rings (SSSR count). The van der Waals surface area contributed by atoms with Crippen LogP contribution in [0.4, 0.5) is 0 Å². The number of Topliss-reactive ketones (excluding diaryl/α,β-unsaturated/α-hetero) is 2. The maximum atomic E-state index is 13.9. The largest absolute Gasteiger partial charge is 0.493 e. The molecule has 1 atom stereocenters. The van der Waals surface area contributed by atoms with Gasteiger partial charge >= 0.3 is 0 Å². The minimum Gasteiger partial charge on any atom is -0.493 e. The van der Waals surface area contributed by atoms with Crippen molar-refractivity contribution in [1.29, 1.82) is 0 Å². The quantitative estimate of drug-likeness (QED) is 0.460. The summed E-state index contributed by atoms with van der Waals surface area (Å²) in [5.41, 5.74) is 4.18. The van der Waals surface area contributed by atoms with Gasteiger partial charge in [0.2, 0.25) is 5.75 Å². The second-order valence-electron chi connectivity index (χ2n) is 8.53. The van der Waals surface area contributed by atoms with Crippen molar-refractivity contribution in [3.05, 3.63) is 81.4 Å². The van der Waals surface area contributed by atoms with E-state index in [1.807, 2.05) is 42.5 Å². The SMILES string of the molecule is COc1cc2c(c(OC)c1OC)CC(=O)c1c(OC)c(OC)cc3c1C2/C(=C/c1ccccc1)C3=O. The molecule has 184 valence electrons. The lowest BCUT2D eigenvalue weighted by Gasteiger charge is -2.22. The Hall–Kier alpha value is -4.26. The molecule has 3 aromatic carbocycles. The number of hydrogen-bond acceptors (Lipinski definition) is 7. The summed E-state index contributed by atoms with van der Waals surface area (Å²) in [5, 5.41) is 0. The number of rotatable bonds is 6. The van der Waals surface area contributed by atoms with Crippen molar-refractivity contribution in [3.8, 4) is 28.7 Å². The highest BCUT2D eigenvalue weighted by Crippen LogP contribution is 2.55. The van der Waals surface area contributed by atoms with Crippen LogP contribution >= 0.6 is 0 Å². The topological polar surface area (TPSA) is 80.3 Å². The van der Waals surface area contributed by atoms with E-state index in [1.165, 1.54) is 28.4 Å². The van der Waals surface area contributed by atoms with Gasteiger partial charge in [0.15, 0.2) is 34.6 Å². The highest BCUT2D eigenvalue weighted by Gasteiger charge is 2.45. The Morgan fingerprint density at radius 2 is 1.42 bits per heavy atom. The molecule has 0 radical (unpaired) electrons. The first-order valence-corrected chi connectivity index (χ1v) is 11.4. The molecule has 0 amide bonds. The van der Waals surface area contributed by atoms with Crippen LogP contribution in [0.25, 0.3) is 6.08 Å². The van der Waals surface area contributed by atoms with Crippen LogP contribution in [0, 0.1) is 0 Å². The molecule has 2 aliphatic rings. The highest BCUT2D eigenvalue weighted by molar-refractivity contribution is 6.21. The monoisotopic (exact) mass is 486 g/mol. The summed E-state index contributed by atoms with van der Waals surface area (Å²) in [5.74, 6) is 0.966. The van der Waals surface area contributed by atoms with Crippen molar-refractivity contribution in [2.24, 2.45) is 0 Å². The Kier molecular flexibility index (Phi) is 5.92. The number of carbonyl (C=O) groups excluding carboxylic acids is 2. The predicted molar refractivity (Wildman–Crippen MR) is 134 cm³/mol. The lowest BCUT2D eigenvalue weighted by Crippen LogP contribution is -2.11. The molecule has 0 spiro atoms. The van der Waals surface area contributed by atoms with Crippen LogP contribution < -0.4 is 23.7 Å². The zero-order valence-electron chi connectivity index (χ0n) is 20.8. The third-order valence-corrected chi connectivity index (χ3v) is 6.83. The number of ether oxygens (including phenoxy) is 5. The number of fused-ring (bicyclic) bond motifs is 2. The molecule has 0 saturated heterocycles. The number of methoxy groups -OCH3 is 5. The van der Waals surface area contributed by atoms with Gasteiger partial charge in [-0.1, -0.05) is 30.3 Å². The molecular formula is C29H26O7. The van der Waals surface area contributed by atoms with Gasteiger partial charge in [-0.05, 0) is 34.9 Å². The Morgan fingerprint density at radius 3 is 2.03 bits per heavy atom. The Labute approximate surface area is 209 Å². The molecule has 2 aliphatic carbocycles. The smallest absolute Gasteiger partial charge is 0.203 e. The number of ketones is 2. The molecule has 1 unspecified atom stereocenters. The van der Waals surface area contributed by atoms with Crippen LogP contribution in [0.1, 0.15) is 48.9 Å². The summed E-state index contributed by atoms with van der Waals surface area (Å²) in [7, 11) is 7.56. The first kappa shape index (κ1) is 23.5. The predicted octanol–water partition coefficient (Wildman–Crippen LogP) is 4.88. The molecule has 0 bridgehead atoms. The summed E-state index contributed by atoms with van der Waals surface area (Å²) in [6.07, 6.45) is 1.90. The minimum absolute atomic E-state index is 0.0259. The van der Waals surface area contributed by atoms with Gasteiger partial charge in [0.25, 0.3) is 0 Å². The number of hydrogen-bond donors (Lipinski definition) is 0. The minimum atomic E-state index is -0.544. The van der Waals surface area contributed by atoms with E-state index in [1.54, 1.807) is 13.2 Å². The van der Waals surface area contributed by atoms with Gasteiger partial charge in [0.05, 0.1) is 41.1 Å². The summed E-state index contributed by atoms with van der Waals surface area (Å²) in [6, 6.07) is 13.1. The van der Waals surface area contributed by atoms with Crippen LogP contribution in [-0.4, -0.2) is 47.1 Å². The second kappa shape index (κ2) is 9.07. The van der Waals surface area contributed by atoms with Crippen molar-refractivity contribution >= 4 is 17.6 Å². The first-order chi connectivity index (χ1) is 17.5. The molecule has 36 heavy (non-hydrogen) atoms. The van der Waals surface area contributed by atoms with Crippen LogP contribution in [0.3, 0.4) is 0 Å². The zero-order valence-corrected chi connectivity index (χ0v) is 20.8. The van der Waals surface area contributed by atoms with Crippen molar-refractivity contribution in [1.82, 2.24) is 0 Å². The standard InChI is InChI=1S/C29H26O7/c1-32-21-14-19-24-23(18(26(19)31)11-15-9-7-6-8-10-15)16-13-22(33-2)29(36-5)27(34-3)17(16)12-20(30)25(24)28(21)35-4/h6-11,13-14,23H,12H2,1-5H3/b18-11-. The molecule has 0 heterocycles. The van der Waals surface area contributed by atoms with E-state index in [2.05, 4.69) is 0 Å². The van der Waals surface area contributed by atoms with Gasteiger partial charge in [-0.3, -0.25) is 9.59 Å². The molecule has 7 heteroatoms. The molecule has 0 aliphatic heterocycles. The molecule has 0 fully saturated rings. The van der Waals surface area contributed by atoms with E-state index in [9.17, 15) is 9.59 Å². The van der Waals surface area contributed by atoms with Gasteiger partial charge in [-0.2, -0.15) is 0 Å². The van der Waals surface area contributed by atoms with E-state index >= 15 is 0 Å². The first-order valence-electron chi connectivity index (χ1n) is 11.4. The molecular weight excluding hydrogens is 460 g/mol. The maximum absolute atomic E-state index is 13.9. The fourth-order valence-electron chi connectivity index (χ4n) is 5.34. The Balaban J connectivity index is 1.92. The van der Waals surface area contributed by atoms with Crippen LogP contribution in [-0.2, 0) is 6.42 Å². The van der Waals surface area contributed by atoms with E-state index < -0.39 is 5.92 Å². The van der Waals surface area contributed by atoms with Crippen molar-refractivity contribution < 1.29 is 33.3 Å². The molecule has 0 saturated carbocycles. The Bertz CT molecular complexity index is 1420. The van der Waals surface area contributed by atoms with E-state index in [0.717, 1.165) is 11.1 Å². The van der Waals surface area contributed by atoms with Gasteiger partial charge in [0, 0.05) is 29.0 Å². The fourth-order valence-corrected chi connectivity index (χ4v) is 5.34. The lowest BCUT2D eigenvalue weighted by molar-refractivity contribution is 0.0988. The third kappa shape index (κ3) is 3.34. The highest BCUT2D eigenvalue weighted by atomic mass is 16.5. The average molecular weight is 487 g/mol. The summed E-state index contributed by atoms with van der Waals surface area (Å²) >= 11 is 0. The van der Waals surface area contributed by atoms with E-state index in [-0.39, 0.29) is 18.0 Å². The summed E-state index contributed by atoms with van der Waals surface area (Å²) in [4.78, 5) is 27.8. The zero-order chi connectivity index (χ0) is 25.6. The normalized spacial score (nSPS) is 16.8. The molecule has 0 aromatic heterocycles. The van der Waals surface area contributed by atoms with Crippen molar-refractivity contribution in [3.63, 3.8) is 0 Å². The number of carbonyl (C=O) groups is 2. The van der Waals surface area contributed by atoms with Crippen LogP contribution in [0.2, 0.25) is 0 Å². The van der Waals surface area contributed by atoms with Gasteiger partial charge in [0.1, 0.15) is 0 Å². The van der Waals surface area contributed by atoms with Gasteiger partial charge in [-0.15, -0.1) is 0 Å². The van der Waals surface area contributed by atoms with E-state index in [0.29, 0.717) is 56.6 Å². The number of benzene rings is 3. The van der Waals surface area contributed by atoms with Crippen molar-refractivity contribution in [2.45, 2.75) is 12.3 Å². The van der Waals surface area contributed by atoms with Gasteiger partial charge < -0.3 is 23.7 Å². The number of allylic oxidation sites excluding steroid dienone is 1. The average Bonchev–Trinajstić information content (AvgIpc) is 3.09. The van der Waals surface area contributed by atoms with Crippen LogP contribution in [0.5, 0.6) is 28.7 Å². The summed E-state index contributed by atoms with van der Waals surface area (Å²) < 4.78 is 28.2. The lowest BCUT2D eigenvalue weighted by atomic mass is 9.85. The fraction of sp³-hybridized carbons (Fsp3) is 0.241.